The highest BCUT2D eigenvalue weighted by molar-refractivity contribution is 7.11. The number of nitrogens with zero attached hydrogens (tertiary/aromatic N) is 6. The van der Waals surface area contributed by atoms with Crippen LogP contribution in [0.15, 0.2) is 4.79 Å². The van der Waals surface area contributed by atoms with Gasteiger partial charge < -0.3 is 4.90 Å². The second-order valence-corrected chi connectivity index (χ2v) is 10.4. The van der Waals surface area contributed by atoms with Crippen LogP contribution in [0.3, 0.4) is 0 Å². The van der Waals surface area contributed by atoms with E-state index in [1.54, 1.807) is 0 Å². The van der Waals surface area contributed by atoms with Crippen LogP contribution in [0.1, 0.15) is 58.4 Å². The summed E-state index contributed by atoms with van der Waals surface area (Å²) in [4.78, 5) is 26.0. The smallest absolute Gasteiger partial charge is 0.351 e. The van der Waals surface area contributed by atoms with Gasteiger partial charge in [-0.15, -0.1) is 16.4 Å². The van der Waals surface area contributed by atoms with E-state index in [4.69, 9.17) is 9.97 Å². The Morgan fingerprint density at radius 3 is 2.68 bits per heavy atom. The molecule has 164 valence electrons. The molecule has 7 nitrogen and oxygen atoms in total. The van der Waals surface area contributed by atoms with Crippen molar-refractivity contribution in [3.63, 3.8) is 0 Å². The van der Waals surface area contributed by atoms with Crippen molar-refractivity contribution < 1.29 is 8.78 Å². The lowest BCUT2D eigenvalue weighted by Gasteiger charge is -2.34. The Morgan fingerprint density at radius 1 is 1.19 bits per heavy atom. The lowest BCUT2D eigenvalue weighted by Crippen LogP contribution is -2.39. The predicted molar refractivity (Wildman–Crippen MR) is 113 cm³/mol. The Hall–Kier alpha value is -2.36. The maximum absolute atomic E-state index is 13.2. The second-order valence-electron chi connectivity index (χ2n) is 9.24. The molecular weight excluding hydrogens is 422 g/mol. The summed E-state index contributed by atoms with van der Waals surface area (Å²) < 4.78 is 29.2. The highest BCUT2D eigenvalue weighted by atomic mass is 32.1. The monoisotopic (exact) mass is 446 g/mol. The molecule has 0 unspecified atom stereocenters. The SMILES string of the molecule is Cc1c(N2CCc3nc(C4CC4)sc3C2)nc2nn(CC3CC(F)(F)C3)c(=O)n2c1C. The zero-order valence-corrected chi connectivity index (χ0v) is 18.4. The minimum absolute atomic E-state index is 0.183. The lowest BCUT2D eigenvalue weighted by atomic mass is 9.81. The Bertz CT molecular complexity index is 1250. The number of thiazole rings is 1. The molecule has 0 spiro atoms. The quantitative estimate of drug-likeness (QED) is 0.614. The summed E-state index contributed by atoms with van der Waals surface area (Å²) in [7, 11) is 0. The molecule has 0 aromatic carbocycles. The Kier molecular flexibility index (Phi) is 4.10. The standard InChI is InChI=1S/C21H24F2N6OS/c1-11-12(2)29-19(26-28(20(29)30)9-13-7-21(22,23)8-13)25-17(11)27-6-5-15-16(10-27)31-18(24-15)14-3-4-14/h13-14H,3-10H2,1-2H3. The second kappa shape index (κ2) is 6.57. The van der Waals surface area contributed by atoms with Crippen molar-refractivity contribution in [2.75, 3.05) is 11.4 Å². The van der Waals surface area contributed by atoms with E-state index in [0.29, 0.717) is 11.7 Å². The van der Waals surface area contributed by atoms with E-state index in [1.807, 2.05) is 25.2 Å². The maximum Gasteiger partial charge on any atom is 0.351 e. The fraction of sp³-hybridized carbons (Fsp3) is 0.619. The molecule has 0 radical (unpaired) electrons. The number of rotatable bonds is 4. The molecule has 10 heteroatoms. The van der Waals surface area contributed by atoms with E-state index in [0.717, 1.165) is 36.6 Å². The van der Waals surface area contributed by atoms with Crippen molar-refractivity contribution in [2.24, 2.45) is 5.92 Å². The Balaban J connectivity index is 1.32. The first-order valence-corrected chi connectivity index (χ1v) is 11.7. The molecule has 2 fully saturated rings. The van der Waals surface area contributed by atoms with E-state index in [-0.39, 0.29) is 31.0 Å². The molecule has 6 rings (SSSR count). The molecule has 0 N–H and O–H groups in total. The minimum atomic E-state index is -2.60. The molecule has 31 heavy (non-hydrogen) atoms. The van der Waals surface area contributed by atoms with Gasteiger partial charge >= 0.3 is 5.69 Å². The molecule has 2 aliphatic carbocycles. The number of hydrogen-bond acceptors (Lipinski definition) is 6. The first kappa shape index (κ1) is 19.3. The van der Waals surface area contributed by atoms with Gasteiger partial charge in [0.1, 0.15) is 5.82 Å². The van der Waals surface area contributed by atoms with Gasteiger partial charge in [0.25, 0.3) is 5.78 Å². The van der Waals surface area contributed by atoms with Crippen LogP contribution in [-0.4, -0.2) is 36.6 Å². The zero-order chi connectivity index (χ0) is 21.5. The van der Waals surface area contributed by atoms with E-state index < -0.39 is 5.92 Å². The Labute approximate surface area is 181 Å². The van der Waals surface area contributed by atoms with Crippen LogP contribution in [0, 0.1) is 19.8 Å². The first-order valence-electron chi connectivity index (χ1n) is 10.9. The van der Waals surface area contributed by atoms with Crippen LogP contribution in [0.4, 0.5) is 14.6 Å². The van der Waals surface area contributed by atoms with Gasteiger partial charge in [0, 0.05) is 54.4 Å². The lowest BCUT2D eigenvalue weighted by molar-refractivity contribution is -0.114. The van der Waals surface area contributed by atoms with E-state index in [2.05, 4.69) is 10.00 Å². The van der Waals surface area contributed by atoms with Crippen molar-refractivity contribution in [3.05, 3.63) is 37.3 Å². The molecule has 3 aliphatic rings. The van der Waals surface area contributed by atoms with Crippen molar-refractivity contribution in [1.82, 2.24) is 24.1 Å². The topological polar surface area (TPSA) is 68.3 Å². The van der Waals surface area contributed by atoms with Gasteiger partial charge in [0.2, 0.25) is 5.92 Å². The molecule has 0 atom stereocenters. The molecule has 2 saturated carbocycles. The largest absolute Gasteiger partial charge is 0.351 e. The maximum atomic E-state index is 13.2. The predicted octanol–water partition coefficient (Wildman–Crippen LogP) is 3.45. The molecule has 3 aromatic rings. The summed E-state index contributed by atoms with van der Waals surface area (Å²) in [6.45, 7) is 5.68. The zero-order valence-electron chi connectivity index (χ0n) is 17.6. The summed E-state index contributed by atoms with van der Waals surface area (Å²) in [6.07, 6.45) is 3.03. The third-order valence-electron chi connectivity index (χ3n) is 6.82. The number of aromatic nitrogens is 5. The van der Waals surface area contributed by atoms with Crippen molar-refractivity contribution in [1.29, 1.82) is 0 Å². The fourth-order valence-corrected chi connectivity index (χ4v) is 6.05. The van der Waals surface area contributed by atoms with Crippen LogP contribution in [0.5, 0.6) is 0 Å². The number of fused-ring (bicyclic) bond motifs is 2. The van der Waals surface area contributed by atoms with Gasteiger partial charge in [-0.25, -0.2) is 27.6 Å². The first-order chi connectivity index (χ1) is 14.8. The molecule has 3 aromatic heterocycles. The minimum Gasteiger partial charge on any atom is -0.351 e. The Morgan fingerprint density at radius 2 is 1.97 bits per heavy atom. The fourth-order valence-electron chi connectivity index (χ4n) is 4.76. The summed E-state index contributed by atoms with van der Waals surface area (Å²) in [5.41, 5.74) is 2.65. The molecule has 4 heterocycles. The van der Waals surface area contributed by atoms with Gasteiger partial charge in [-0.2, -0.15) is 4.98 Å². The van der Waals surface area contributed by atoms with Crippen LogP contribution in [-0.2, 0) is 19.5 Å². The van der Waals surface area contributed by atoms with Crippen LogP contribution < -0.4 is 10.6 Å². The molecule has 0 saturated heterocycles. The van der Waals surface area contributed by atoms with Crippen LogP contribution >= 0.6 is 11.3 Å². The average Bonchev–Trinajstić information content (AvgIpc) is 3.39. The van der Waals surface area contributed by atoms with Crippen LogP contribution in [0.2, 0.25) is 0 Å². The number of aryl methyl sites for hydroxylation is 1. The molecule has 0 amide bonds. The molecular formula is C21H24F2N6OS. The summed E-state index contributed by atoms with van der Waals surface area (Å²) >= 11 is 1.82. The van der Waals surface area contributed by atoms with Gasteiger partial charge in [0.05, 0.1) is 17.2 Å². The van der Waals surface area contributed by atoms with Crippen LogP contribution in [0.25, 0.3) is 5.78 Å². The summed E-state index contributed by atoms with van der Waals surface area (Å²) in [5.74, 6) is -0.985. The number of anilines is 1. The summed E-state index contributed by atoms with van der Waals surface area (Å²) in [6, 6.07) is 0. The third-order valence-corrected chi connectivity index (χ3v) is 8.07. The van der Waals surface area contributed by atoms with Gasteiger partial charge in [-0.05, 0) is 32.6 Å². The normalized spacial score (nSPS) is 20.8. The molecule has 0 bridgehead atoms. The van der Waals surface area contributed by atoms with E-state index in [1.165, 1.54) is 37.5 Å². The van der Waals surface area contributed by atoms with Crippen molar-refractivity contribution in [2.45, 2.75) is 70.9 Å². The van der Waals surface area contributed by atoms with E-state index >= 15 is 0 Å². The number of alkyl halides is 2. The third kappa shape index (κ3) is 3.18. The number of halogens is 2. The van der Waals surface area contributed by atoms with Gasteiger partial charge in [-0.3, -0.25) is 0 Å². The van der Waals surface area contributed by atoms with Crippen molar-refractivity contribution in [3.8, 4) is 0 Å². The van der Waals surface area contributed by atoms with E-state index in [9.17, 15) is 13.6 Å². The van der Waals surface area contributed by atoms with Gasteiger partial charge in [-0.1, -0.05) is 0 Å². The van der Waals surface area contributed by atoms with Crippen molar-refractivity contribution >= 4 is 22.9 Å². The highest BCUT2D eigenvalue weighted by Crippen LogP contribution is 2.44. The highest BCUT2D eigenvalue weighted by Gasteiger charge is 2.45. The average molecular weight is 447 g/mol. The number of hydrogen-bond donors (Lipinski definition) is 0. The summed E-state index contributed by atoms with van der Waals surface area (Å²) in [5, 5.41) is 5.67. The van der Waals surface area contributed by atoms with Gasteiger partial charge in [0.15, 0.2) is 0 Å². The molecule has 1 aliphatic heterocycles.